The second-order valence-electron chi connectivity index (χ2n) is 6.03. The third-order valence-corrected chi connectivity index (χ3v) is 3.99. The molecule has 0 atom stereocenters. The number of ether oxygens (including phenoxy) is 1. The highest BCUT2D eigenvalue weighted by Gasteiger charge is 2.17. The van der Waals surface area contributed by atoms with Gasteiger partial charge in [-0.2, -0.15) is 0 Å². The molecule has 0 spiro atoms. The molecule has 0 aliphatic rings. The van der Waals surface area contributed by atoms with E-state index in [0.29, 0.717) is 17.6 Å². The molecular weight excluding hydrogens is 316 g/mol. The van der Waals surface area contributed by atoms with Gasteiger partial charge in [0.15, 0.2) is 0 Å². The molecule has 3 aromatic rings. The van der Waals surface area contributed by atoms with E-state index in [-0.39, 0.29) is 17.6 Å². The van der Waals surface area contributed by atoms with Gasteiger partial charge in [0.05, 0.1) is 12.0 Å². The molecule has 0 fully saturated rings. The normalized spacial score (nSPS) is 10.8. The number of carbonyl (C=O) groups is 1. The summed E-state index contributed by atoms with van der Waals surface area (Å²) in [6.45, 7) is 6.36. The van der Waals surface area contributed by atoms with E-state index in [1.54, 1.807) is 25.3 Å². The van der Waals surface area contributed by atoms with Crippen molar-refractivity contribution >= 4 is 17.0 Å². The summed E-state index contributed by atoms with van der Waals surface area (Å²) in [6, 6.07) is 11.6. The van der Waals surface area contributed by atoms with Crippen LogP contribution in [0.2, 0.25) is 0 Å². The third-order valence-electron chi connectivity index (χ3n) is 3.99. The van der Waals surface area contributed by atoms with Crippen molar-refractivity contribution in [1.82, 2.24) is 9.55 Å². The van der Waals surface area contributed by atoms with Crippen LogP contribution in [-0.4, -0.2) is 22.1 Å². The maximum atomic E-state index is 12.7. The van der Waals surface area contributed by atoms with Crippen LogP contribution in [0.4, 0.5) is 0 Å². The maximum Gasteiger partial charge on any atom is 0.343 e. The first kappa shape index (κ1) is 16.9. The Bertz CT molecular complexity index is 1010. The minimum Gasteiger partial charge on any atom is -0.462 e. The van der Waals surface area contributed by atoms with Crippen molar-refractivity contribution in [2.24, 2.45) is 0 Å². The largest absolute Gasteiger partial charge is 0.462 e. The number of nitrogens with zero attached hydrogens (tertiary/aromatic N) is 2. The molecule has 0 aliphatic heterocycles. The van der Waals surface area contributed by atoms with Gasteiger partial charge in [-0.3, -0.25) is 4.79 Å². The Balaban J connectivity index is 2.21. The summed E-state index contributed by atoms with van der Waals surface area (Å²) >= 11 is 0. The Hall–Kier alpha value is -2.95. The van der Waals surface area contributed by atoms with Crippen molar-refractivity contribution in [1.29, 1.82) is 0 Å². The highest BCUT2D eigenvalue weighted by molar-refractivity contribution is 5.93. The van der Waals surface area contributed by atoms with Crippen molar-refractivity contribution < 1.29 is 9.53 Å². The minimum atomic E-state index is -0.604. The number of esters is 1. The lowest BCUT2D eigenvalue weighted by atomic mass is 10.1. The smallest absolute Gasteiger partial charge is 0.343 e. The van der Waals surface area contributed by atoms with E-state index in [4.69, 9.17) is 4.74 Å². The topological polar surface area (TPSA) is 61.2 Å². The summed E-state index contributed by atoms with van der Waals surface area (Å²) < 4.78 is 6.87. The van der Waals surface area contributed by atoms with Crippen LogP contribution in [0.1, 0.15) is 34.1 Å². The van der Waals surface area contributed by atoms with Crippen molar-refractivity contribution in [2.75, 3.05) is 6.61 Å². The molecule has 3 rings (SSSR count). The number of rotatable bonds is 4. The molecule has 5 heteroatoms. The summed E-state index contributed by atoms with van der Waals surface area (Å²) in [5, 5.41) is 0.420. The van der Waals surface area contributed by atoms with E-state index in [2.05, 4.69) is 11.1 Å². The average molecular weight is 336 g/mol. The van der Waals surface area contributed by atoms with Gasteiger partial charge in [-0.15, -0.1) is 0 Å². The lowest BCUT2D eigenvalue weighted by Gasteiger charge is -2.13. The van der Waals surface area contributed by atoms with E-state index in [1.165, 1.54) is 0 Å². The molecule has 0 bridgehead atoms. The number of hydrogen-bond donors (Lipinski definition) is 0. The fraction of sp³-hybridized carbons (Fsp3) is 0.250. The van der Waals surface area contributed by atoms with Crippen LogP contribution in [0, 0.1) is 13.8 Å². The Morgan fingerprint density at radius 3 is 2.72 bits per heavy atom. The Morgan fingerprint density at radius 1 is 1.20 bits per heavy atom. The summed E-state index contributed by atoms with van der Waals surface area (Å²) in [6.07, 6.45) is 1.55. The van der Waals surface area contributed by atoms with Crippen LogP contribution in [0.3, 0.4) is 0 Å². The summed E-state index contributed by atoms with van der Waals surface area (Å²) in [5.74, 6) is -0.604. The first-order valence-corrected chi connectivity index (χ1v) is 8.23. The van der Waals surface area contributed by atoms with Gasteiger partial charge in [0.2, 0.25) is 5.43 Å². The number of hydrogen-bond acceptors (Lipinski definition) is 4. The standard InChI is InChI=1S/C20H20N2O3/c1-4-25-20(24)17-12-22(11-15-7-5-6-13(2)10-15)19-16(18(17)23)9-8-14(3)21-19/h5-10,12H,4,11H2,1-3H3. The molecule has 0 unspecified atom stereocenters. The summed E-state index contributed by atoms with van der Waals surface area (Å²) in [4.78, 5) is 29.4. The molecule has 5 nitrogen and oxygen atoms in total. The second kappa shape index (κ2) is 6.89. The van der Waals surface area contributed by atoms with Gasteiger partial charge >= 0.3 is 5.97 Å². The molecule has 2 aromatic heterocycles. The predicted molar refractivity (Wildman–Crippen MR) is 97.0 cm³/mol. The lowest BCUT2D eigenvalue weighted by Crippen LogP contribution is -2.22. The molecule has 2 heterocycles. The fourth-order valence-corrected chi connectivity index (χ4v) is 2.84. The molecule has 25 heavy (non-hydrogen) atoms. The van der Waals surface area contributed by atoms with Gasteiger partial charge in [-0.25, -0.2) is 9.78 Å². The van der Waals surface area contributed by atoms with Crippen LogP contribution in [0.25, 0.3) is 11.0 Å². The molecule has 0 amide bonds. The third kappa shape index (κ3) is 3.45. The van der Waals surface area contributed by atoms with Crippen molar-refractivity contribution in [3.8, 4) is 0 Å². The van der Waals surface area contributed by atoms with Crippen LogP contribution in [0.15, 0.2) is 47.4 Å². The molecule has 0 saturated carbocycles. The van der Waals surface area contributed by atoms with E-state index in [9.17, 15) is 9.59 Å². The Kier molecular flexibility index (Phi) is 4.65. The van der Waals surface area contributed by atoms with Gasteiger partial charge in [-0.1, -0.05) is 29.8 Å². The van der Waals surface area contributed by atoms with Gasteiger partial charge in [0, 0.05) is 18.4 Å². The molecular formula is C20H20N2O3. The first-order valence-electron chi connectivity index (χ1n) is 8.23. The van der Waals surface area contributed by atoms with Crippen molar-refractivity contribution in [3.63, 3.8) is 0 Å². The molecule has 0 N–H and O–H groups in total. The Labute approximate surface area is 145 Å². The number of aromatic nitrogens is 2. The van der Waals surface area contributed by atoms with E-state index in [0.717, 1.165) is 16.8 Å². The predicted octanol–water partition coefficient (Wildman–Crippen LogP) is 3.24. The summed E-state index contributed by atoms with van der Waals surface area (Å²) in [7, 11) is 0. The number of pyridine rings is 2. The lowest BCUT2D eigenvalue weighted by molar-refractivity contribution is 0.0524. The van der Waals surface area contributed by atoms with Crippen molar-refractivity contribution in [2.45, 2.75) is 27.3 Å². The average Bonchev–Trinajstić information content (AvgIpc) is 2.57. The molecule has 0 aliphatic carbocycles. The van der Waals surface area contributed by atoms with Gasteiger partial charge in [0.25, 0.3) is 0 Å². The zero-order valence-corrected chi connectivity index (χ0v) is 14.6. The Morgan fingerprint density at radius 2 is 2.00 bits per heavy atom. The molecule has 128 valence electrons. The highest BCUT2D eigenvalue weighted by Crippen LogP contribution is 2.14. The number of carbonyl (C=O) groups excluding carboxylic acids is 1. The van der Waals surface area contributed by atoms with E-state index < -0.39 is 5.97 Å². The summed E-state index contributed by atoms with van der Waals surface area (Å²) in [5.41, 5.74) is 3.29. The SMILES string of the molecule is CCOC(=O)c1cn(Cc2cccc(C)c2)c2nc(C)ccc2c1=O. The van der Waals surface area contributed by atoms with E-state index in [1.807, 2.05) is 36.6 Å². The van der Waals surface area contributed by atoms with Gasteiger partial charge in [-0.05, 0) is 38.5 Å². The van der Waals surface area contributed by atoms with Crippen LogP contribution < -0.4 is 5.43 Å². The quantitative estimate of drug-likeness (QED) is 0.686. The first-order chi connectivity index (χ1) is 12.0. The molecule has 0 radical (unpaired) electrons. The van der Waals surface area contributed by atoms with Crippen LogP contribution >= 0.6 is 0 Å². The van der Waals surface area contributed by atoms with Crippen LogP contribution in [0.5, 0.6) is 0 Å². The number of fused-ring (bicyclic) bond motifs is 1. The molecule has 1 aromatic carbocycles. The number of aryl methyl sites for hydroxylation is 2. The van der Waals surface area contributed by atoms with Gasteiger partial charge in [0.1, 0.15) is 11.2 Å². The zero-order chi connectivity index (χ0) is 18.0. The minimum absolute atomic E-state index is 0.0349. The molecule has 0 saturated heterocycles. The van der Waals surface area contributed by atoms with E-state index >= 15 is 0 Å². The number of benzene rings is 1. The van der Waals surface area contributed by atoms with Gasteiger partial charge < -0.3 is 9.30 Å². The van der Waals surface area contributed by atoms with Crippen LogP contribution in [-0.2, 0) is 11.3 Å². The second-order valence-corrected chi connectivity index (χ2v) is 6.03. The fourth-order valence-electron chi connectivity index (χ4n) is 2.84. The van der Waals surface area contributed by atoms with Crippen molar-refractivity contribution in [3.05, 3.63) is 75.2 Å². The monoisotopic (exact) mass is 336 g/mol. The zero-order valence-electron chi connectivity index (χ0n) is 14.6. The maximum absolute atomic E-state index is 12.7. The highest BCUT2D eigenvalue weighted by atomic mass is 16.5.